The molecule has 1 aliphatic rings. The molecule has 0 atom stereocenters. The van der Waals surface area contributed by atoms with E-state index in [-0.39, 0.29) is 5.84 Å². The maximum atomic E-state index is 8.73. The lowest BCUT2D eigenvalue weighted by molar-refractivity contribution is 1.18. The Morgan fingerprint density at radius 3 is 1.97 bits per heavy atom. The number of anilines is 3. The first-order valence-electron chi connectivity index (χ1n) is 19.4. The van der Waals surface area contributed by atoms with Gasteiger partial charge in [0.25, 0.3) is 0 Å². The predicted molar refractivity (Wildman–Crippen MR) is 244 cm³/mol. The van der Waals surface area contributed by atoms with Gasteiger partial charge in [0, 0.05) is 45.1 Å². The lowest BCUT2D eigenvalue weighted by Crippen LogP contribution is -2.12. The highest BCUT2D eigenvalue weighted by atomic mass is 15.1. The highest BCUT2D eigenvalue weighted by Gasteiger charge is 2.22. The van der Waals surface area contributed by atoms with Gasteiger partial charge in [-0.2, -0.15) is 0 Å². The van der Waals surface area contributed by atoms with Crippen LogP contribution in [0.1, 0.15) is 27.8 Å². The summed E-state index contributed by atoms with van der Waals surface area (Å²) in [5.41, 5.74) is 13.8. The molecular formula is C53H37N5. The lowest BCUT2D eigenvalue weighted by Gasteiger charge is -2.27. The van der Waals surface area contributed by atoms with Gasteiger partial charge in [-0.05, 0) is 70.8 Å². The Morgan fingerprint density at radius 2 is 1.14 bits per heavy atom. The molecule has 0 spiro atoms. The molecule has 5 nitrogen and oxygen atoms in total. The summed E-state index contributed by atoms with van der Waals surface area (Å²) in [5.74, 6) is 0.635. The first kappa shape index (κ1) is 34.6. The zero-order chi connectivity index (χ0) is 38.8. The van der Waals surface area contributed by atoms with Crippen LogP contribution >= 0.6 is 0 Å². The minimum atomic E-state index is 0.160. The molecule has 0 saturated carbocycles. The number of rotatable bonds is 6. The second-order valence-corrected chi connectivity index (χ2v) is 14.3. The van der Waals surface area contributed by atoms with Gasteiger partial charge < -0.3 is 9.47 Å². The van der Waals surface area contributed by atoms with Crippen molar-refractivity contribution in [3.05, 3.63) is 228 Å². The molecule has 9 aromatic rings. The Labute approximate surface area is 337 Å². The largest absolute Gasteiger partial charge is 0.309 e. The molecule has 0 unspecified atom stereocenters. The fourth-order valence-corrected chi connectivity index (χ4v) is 7.98. The Morgan fingerprint density at radius 1 is 0.500 bits per heavy atom. The minimum Gasteiger partial charge on any atom is -0.309 e. The van der Waals surface area contributed by atoms with Crippen molar-refractivity contribution in [3.8, 4) is 16.8 Å². The number of amidine groups is 2. The van der Waals surface area contributed by atoms with Gasteiger partial charge in [-0.1, -0.05) is 164 Å². The van der Waals surface area contributed by atoms with Gasteiger partial charge in [0.05, 0.1) is 22.4 Å². The second kappa shape index (κ2) is 15.0. The maximum absolute atomic E-state index is 8.73. The standard InChI is InChI=1S/C53H37N5/c54-52(39-18-4-1-5-19-39)56-53(40-20-6-2-7-21-40)55-36-37-16-14-24-44(34-37)57-48-28-12-10-17-38(48)30-31-42-35-41(32-33-49(42)57)45-26-15-27-47-46-25-11-13-29-50(46)58(51(45)47)43-22-8-3-9-23-43/h1-36,54H/b54-52?,55-36+,56-53-. The van der Waals surface area contributed by atoms with Gasteiger partial charge in [-0.15, -0.1) is 0 Å². The van der Waals surface area contributed by atoms with E-state index in [1.807, 2.05) is 66.9 Å². The molecule has 1 aliphatic heterocycles. The summed E-state index contributed by atoms with van der Waals surface area (Å²) in [6, 6.07) is 69.1. The van der Waals surface area contributed by atoms with Crippen molar-refractivity contribution in [2.75, 3.05) is 4.90 Å². The molecule has 10 rings (SSSR count). The molecule has 274 valence electrons. The molecule has 8 aromatic carbocycles. The Bertz CT molecular complexity index is 3070. The van der Waals surface area contributed by atoms with E-state index in [9.17, 15) is 0 Å². The van der Waals surface area contributed by atoms with Gasteiger partial charge in [-0.3, -0.25) is 5.41 Å². The third-order valence-corrected chi connectivity index (χ3v) is 10.7. The fraction of sp³-hybridized carbons (Fsp3) is 0. The van der Waals surface area contributed by atoms with E-state index in [2.05, 4.69) is 166 Å². The van der Waals surface area contributed by atoms with Crippen molar-refractivity contribution >= 4 is 68.9 Å². The van der Waals surface area contributed by atoms with Crippen LogP contribution in [0.4, 0.5) is 17.1 Å². The van der Waals surface area contributed by atoms with Crippen LogP contribution < -0.4 is 4.90 Å². The molecule has 0 saturated heterocycles. The summed E-state index contributed by atoms with van der Waals surface area (Å²) >= 11 is 0. The highest BCUT2D eigenvalue weighted by molar-refractivity contribution is 6.15. The molecule has 0 bridgehead atoms. The number of aliphatic imine (C=N–C) groups is 2. The topological polar surface area (TPSA) is 56.7 Å². The van der Waals surface area contributed by atoms with Crippen LogP contribution in [0.25, 0.3) is 50.8 Å². The second-order valence-electron chi connectivity index (χ2n) is 14.3. The van der Waals surface area contributed by atoms with Crippen LogP contribution in [-0.2, 0) is 0 Å². The van der Waals surface area contributed by atoms with Crippen LogP contribution in [0, 0.1) is 5.41 Å². The zero-order valence-electron chi connectivity index (χ0n) is 31.6. The predicted octanol–water partition coefficient (Wildman–Crippen LogP) is 13.3. The molecule has 0 amide bonds. The number of aromatic nitrogens is 1. The first-order chi connectivity index (χ1) is 28.7. The van der Waals surface area contributed by atoms with Gasteiger partial charge >= 0.3 is 0 Å². The zero-order valence-corrected chi connectivity index (χ0v) is 31.6. The summed E-state index contributed by atoms with van der Waals surface area (Å²) in [6.07, 6.45) is 6.29. The SMILES string of the molecule is N=C(/N=C(\N=C\c1cccc(N2c3ccccc3C=Cc3cc(-c4cccc5c6ccccc6n(-c6ccccc6)c45)ccc32)c1)c1ccccc1)c1ccccc1. The number of para-hydroxylation sites is 4. The Balaban J connectivity index is 1.07. The van der Waals surface area contributed by atoms with Crippen LogP contribution in [0.5, 0.6) is 0 Å². The minimum absolute atomic E-state index is 0.160. The Kier molecular flexibility index (Phi) is 8.93. The summed E-state index contributed by atoms with van der Waals surface area (Å²) in [6.45, 7) is 0. The number of hydrogen-bond acceptors (Lipinski definition) is 2. The van der Waals surface area contributed by atoms with Crippen LogP contribution in [0.15, 0.2) is 210 Å². The number of benzene rings is 8. The van der Waals surface area contributed by atoms with Crippen molar-refractivity contribution in [1.29, 1.82) is 5.41 Å². The molecule has 0 fully saturated rings. The molecule has 1 N–H and O–H groups in total. The third-order valence-electron chi connectivity index (χ3n) is 10.7. The smallest absolute Gasteiger partial charge is 0.161 e. The molecule has 2 heterocycles. The summed E-state index contributed by atoms with van der Waals surface area (Å²) in [7, 11) is 0. The maximum Gasteiger partial charge on any atom is 0.161 e. The van der Waals surface area contributed by atoms with E-state index in [0.717, 1.165) is 56.1 Å². The molecular weight excluding hydrogens is 707 g/mol. The number of hydrogen-bond donors (Lipinski definition) is 1. The normalized spacial score (nSPS) is 12.5. The van der Waals surface area contributed by atoms with E-state index < -0.39 is 0 Å². The number of nitrogens with zero attached hydrogens (tertiary/aromatic N) is 4. The van der Waals surface area contributed by atoms with Crippen molar-refractivity contribution in [3.63, 3.8) is 0 Å². The van der Waals surface area contributed by atoms with E-state index in [1.165, 1.54) is 27.4 Å². The molecule has 0 aliphatic carbocycles. The van der Waals surface area contributed by atoms with Crippen LogP contribution in [0.2, 0.25) is 0 Å². The van der Waals surface area contributed by atoms with Crippen molar-refractivity contribution in [1.82, 2.24) is 4.57 Å². The van der Waals surface area contributed by atoms with Crippen molar-refractivity contribution in [2.45, 2.75) is 0 Å². The van der Waals surface area contributed by atoms with Crippen LogP contribution in [0.3, 0.4) is 0 Å². The number of fused-ring (bicyclic) bond motifs is 5. The van der Waals surface area contributed by atoms with E-state index in [4.69, 9.17) is 10.4 Å². The van der Waals surface area contributed by atoms with E-state index in [1.54, 1.807) is 0 Å². The molecule has 5 heteroatoms. The highest BCUT2D eigenvalue weighted by Crippen LogP contribution is 2.45. The summed E-state index contributed by atoms with van der Waals surface area (Å²) < 4.78 is 2.40. The lowest BCUT2D eigenvalue weighted by atomic mass is 9.98. The van der Waals surface area contributed by atoms with Gasteiger partial charge in [0.15, 0.2) is 11.7 Å². The van der Waals surface area contributed by atoms with Gasteiger partial charge in [-0.25, -0.2) is 9.98 Å². The molecule has 1 aromatic heterocycles. The van der Waals surface area contributed by atoms with E-state index >= 15 is 0 Å². The molecule has 58 heavy (non-hydrogen) atoms. The first-order valence-corrected chi connectivity index (χ1v) is 19.4. The number of nitrogens with one attached hydrogen (secondary N) is 1. The monoisotopic (exact) mass is 743 g/mol. The summed E-state index contributed by atoms with van der Waals surface area (Å²) in [5, 5.41) is 11.2. The third kappa shape index (κ3) is 6.41. The molecule has 0 radical (unpaired) electrons. The quantitative estimate of drug-likeness (QED) is 0.134. The fourth-order valence-electron chi connectivity index (χ4n) is 7.98. The average molecular weight is 744 g/mol. The van der Waals surface area contributed by atoms with Crippen molar-refractivity contribution < 1.29 is 0 Å². The summed E-state index contributed by atoms with van der Waals surface area (Å²) in [4.78, 5) is 11.9. The van der Waals surface area contributed by atoms with Gasteiger partial charge in [0.1, 0.15) is 0 Å². The van der Waals surface area contributed by atoms with Crippen molar-refractivity contribution in [2.24, 2.45) is 9.98 Å². The van der Waals surface area contributed by atoms with Crippen LogP contribution in [-0.4, -0.2) is 22.5 Å². The average Bonchev–Trinajstić information content (AvgIpc) is 3.54. The van der Waals surface area contributed by atoms with E-state index in [0.29, 0.717) is 5.84 Å². The van der Waals surface area contributed by atoms with Gasteiger partial charge in [0.2, 0.25) is 0 Å². The Hall–Kier alpha value is -7.89.